The van der Waals surface area contributed by atoms with Gasteiger partial charge in [0.15, 0.2) is 0 Å². The molecule has 4 aromatic rings. The number of hydrogen-bond donors (Lipinski definition) is 1. The van der Waals surface area contributed by atoms with Crippen molar-refractivity contribution in [1.29, 1.82) is 0 Å². The minimum atomic E-state index is 0.494. The predicted molar refractivity (Wildman–Crippen MR) is 156 cm³/mol. The molecule has 204 valence electrons. The highest BCUT2D eigenvalue weighted by molar-refractivity contribution is 5.73. The minimum absolute atomic E-state index is 0.494. The van der Waals surface area contributed by atoms with Crippen LogP contribution in [0.4, 0.5) is 17.3 Å². The van der Waals surface area contributed by atoms with Gasteiger partial charge in [0.1, 0.15) is 11.5 Å². The first kappa shape index (κ1) is 25.5. The number of piperidine rings is 1. The number of piperazine rings is 1. The van der Waals surface area contributed by atoms with E-state index in [1.54, 1.807) is 14.2 Å². The first-order valence-electron chi connectivity index (χ1n) is 13.7. The lowest BCUT2D eigenvalue weighted by atomic mass is 10.0. The highest BCUT2D eigenvalue weighted by Crippen LogP contribution is 2.34. The van der Waals surface area contributed by atoms with Crippen molar-refractivity contribution in [3.05, 3.63) is 60.8 Å². The molecular formula is C30H37N7O2. The van der Waals surface area contributed by atoms with E-state index in [1.165, 1.54) is 18.5 Å². The van der Waals surface area contributed by atoms with Crippen LogP contribution in [-0.4, -0.2) is 91.0 Å². The number of hydrogen-bond acceptors (Lipinski definition) is 8. The van der Waals surface area contributed by atoms with Gasteiger partial charge in [0, 0.05) is 62.6 Å². The number of nitrogens with zero attached hydrogens (tertiary/aromatic N) is 6. The predicted octanol–water partition coefficient (Wildman–Crippen LogP) is 4.37. The Morgan fingerprint density at radius 2 is 1.72 bits per heavy atom. The van der Waals surface area contributed by atoms with Crippen LogP contribution in [0.15, 0.2) is 60.8 Å². The van der Waals surface area contributed by atoms with Gasteiger partial charge >= 0.3 is 0 Å². The van der Waals surface area contributed by atoms with Crippen molar-refractivity contribution in [3.63, 3.8) is 0 Å². The van der Waals surface area contributed by atoms with Gasteiger partial charge in [-0.15, -0.1) is 5.10 Å². The van der Waals surface area contributed by atoms with Crippen molar-refractivity contribution in [2.24, 2.45) is 0 Å². The SMILES string of the molecule is COc1cc(N2CCC[C@H](N3CCN(C)CC3)C2)ccc1Nc1ncc2ccc(-c3ccccc3OC)n2n1. The van der Waals surface area contributed by atoms with Gasteiger partial charge < -0.3 is 24.6 Å². The summed E-state index contributed by atoms with van der Waals surface area (Å²) in [6.45, 7) is 6.75. The highest BCUT2D eigenvalue weighted by atomic mass is 16.5. The van der Waals surface area contributed by atoms with Crippen LogP contribution in [0.25, 0.3) is 16.8 Å². The number of rotatable bonds is 7. The van der Waals surface area contributed by atoms with Crippen LogP contribution in [-0.2, 0) is 0 Å². The lowest BCUT2D eigenvalue weighted by molar-refractivity contribution is 0.102. The van der Waals surface area contributed by atoms with E-state index in [-0.39, 0.29) is 0 Å². The fraction of sp³-hybridized carbons (Fsp3) is 0.400. The molecule has 2 aromatic carbocycles. The molecule has 2 aromatic heterocycles. The smallest absolute Gasteiger partial charge is 0.245 e. The van der Waals surface area contributed by atoms with E-state index in [0.717, 1.165) is 73.2 Å². The summed E-state index contributed by atoms with van der Waals surface area (Å²) >= 11 is 0. The summed E-state index contributed by atoms with van der Waals surface area (Å²) < 4.78 is 13.3. The first-order valence-corrected chi connectivity index (χ1v) is 13.7. The maximum Gasteiger partial charge on any atom is 0.245 e. The highest BCUT2D eigenvalue weighted by Gasteiger charge is 2.28. The van der Waals surface area contributed by atoms with Crippen molar-refractivity contribution in [3.8, 4) is 22.8 Å². The minimum Gasteiger partial charge on any atom is -0.496 e. The molecule has 2 aliphatic rings. The Hall–Kier alpha value is -3.82. The molecule has 0 saturated carbocycles. The van der Waals surface area contributed by atoms with Crippen LogP contribution in [0.2, 0.25) is 0 Å². The molecule has 2 fully saturated rings. The number of benzene rings is 2. The fourth-order valence-electron chi connectivity index (χ4n) is 5.79. The lowest BCUT2D eigenvalue weighted by Gasteiger charge is -2.43. The normalized spacial score (nSPS) is 18.8. The van der Waals surface area contributed by atoms with Crippen molar-refractivity contribution in [1.82, 2.24) is 24.4 Å². The molecule has 1 N–H and O–H groups in total. The van der Waals surface area contributed by atoms with Gasteiger partial charge in [-0.25, -0.2) is 9.50 Å². The number of anilines is 3. The summed E-state index contributed by atoms with van der Waals surface area (Å²) in [7, 11) is 5.61. The molecule has 0 spiro atoms. The molecule has 9 nitrogen and oxygen atoms in total. The van der Waals surface area contributed by atoms with E-state index >= 15 is 0 Å². The Kier molecular flexibility index (Phi) is 7.26. The van der Waals surface area contributed by atoms with Gasteiger partial charge in [-0.2, -0.15) is 0 Å². The van der Waals surface area contributed by atoms with E-state index in [2.05, 4.69) is 50.2 Å². The van der Waals surface area contributed by atoms with Crippen molar-refractivity contribution < 1.29 is 9.47 Å². The van der Waals surface area contributed by atoms with Crippen LogP contribution in [0.1, 0.15) is 12.8 Å². The van der Waals surface area contributed by atoms with Gasteiger partial charge in [0.25, 0.3) is 0 Å². The molecule has 0 aliphatic carbocycles. The van der Waals surface area contributed by atoms with Crippen LogP contribution in [0.3, 0.4) is 0 Å². The number of ether oxygens (including phenoxy) is 2. The first-order chi connectivity index (χ1) is 19.1. The average Bonchev–Trinajstić information content (AvgIpc) is 3.41. The topological polar surface area (TPSA) is 70.4 Å². The maximum atomic E-state index is 5.82. The van der Waals surface area contributed by atoms with Crippen LogP contribution >= 0.6 is 0 Å². The third-order valence-corrected chi connectivity index (χ3v) is 8.03. The van der Waals surface area contributed by atoms with Crippen molar-refractivity contribution >= 4 is 22.8 Å². The van der Waals surface area contributed by atoms with E-state index < -0.39 is 0 Å². The van der Waals surface area contributed by atoms with Crippen LogP contribution < -0.4 is 19.7 Å². The quantitative estimate of drug-likeness (QED) is 0.380. The maximum absolute atomic E-state index is 5.82. The van der Waals surface area contributed by atoms with Crippen molar-refractivity contribution in [2.45, 2.75) is 18.9 Å². The summed E-state index contributed by atoms with van der Waals surface area (Å²) in [4.78, 5) is 12.2. The molecule has 0 bridgehead atoms. The zero-order valence-electron chi connectivity index (χ0n) is 23.0. The summed E-state index contributed by atoms with van der Waals surface area (Å²) in [6, 6.07) is 19.0. The molecular weight excluding hydrogens is 490 g/mol. The average molecular weight is 528 g/mol. The van der Waals surface area contributed by atoms with Gasteiger partial charge in [-0.3, -0.25) is 4.90 Å². The molecule has 0 radical (unpaired) electrons. The second-order valence-electron chi connectivity index (χ2n) is 10.4. The third-order valence-electron chi connectivity index (χ3n) is 8.03. The second-order valence-corrected chi connectivity index (χ2v) is 10.4. The molecule has 2 saturated heterocycles. The molecule has 2 aliphatic heterocycles. The third kappa shape index (κ3) is 5.24. The molecule has 39 heavy (non-hydrogen) atoms. The number of methoxy groups -OCH3 is 2. The molecule has 4 heterocycles. The van der Waals surface area contributed by atoms with Crippen LogP contribution in [0.5, 0.6) is 11.5 Å². The van der Waals surface area contributed by atoms with E-state index in [1.807, 2.05) is 47.1 Å². The van der Waals surface area contributed by atoms with Gasteiger partial charge in [-0.05, 0) is 56.3 Å². The zero-order valence-corrected chi connectivity index (χ0v) is 23.0. The van der Waals surface area contributed by atoms with Crippen LogP contribution in [0, 0.1) is 0 Å². The molecule has 0 amide bonds. The lowest BCUT2D eigenvalue weighted by Crippen LogP contribution is -2.54. The fourth-order valence-corrected chi connectivity index (χ4v) is 5.79. The molecule has 6 rings (SSSR count). The van der Waals surface area contributed by atoms with Gasteiger partial charge in [-0.1, -0.05) is 12.1 Å². The second kappa shape index (κ2) is 11.1. The zero-order chi connectivity index (χ0) is 26.8. The number of likely N-dealkylation sites (N-methyl/N-ethyl adjacent to an activating group) is 1. The van der Waals surface area contributed by atoms with E-state index in [9.17, 15) is 0 Å². The molecule has 9 heteroatoms. The molecule has 0 unspecified atom stereocenters. The van der Waals surface area contributed by atoms with E-state index in [4.69, 9.17) is 14.6 Å². The number of fused-ring (bicyclic) bond motifs is 1. The summed E-state index contributed by atoms with van der Waals surface area (Å²) in [5, 5.41) is 8.18. The summed E-state index contributed by atoms with van der Waals surface area (Å²) in [5.41, 5.74) is 4.85. The van der Waals surface area contributed by atoms with Crippen molar-refractivity contribution in [2.75, 3.05) is 70.8 Å². The largest absolute Gasteiger partial charge is 0.496 e. The van der Waals surface area contributed by atoms with Gasteiger partial charge in [0.05, 0.1) is 37.3 Å². The number of para-hydroxylation sites is 1. The van der Waals surface area contributed by atoms with E-state index in [0.29, 0.717) is 12.0 Å². The Balaban J connectivity index is 1.22. The number of nitrogens with one attached hydrogen (secondary N) is 1. The Morgan fingerprint density at radius 3 is 2.54 bits per heavy atom. The standard InChI is InChI=1S/C30H37N7O2/c1-34-15-17-35(18-16-34)24-7-6-14-36(21-24)22-10-12-26(29(19-22)39-3)32-30-31-20-23-11-13-27(37(23)33-30)25-8-4-5-9-28(25)38-2/h4-5,8-13,19-20,24H,6-7,14-18,21H2,1-3H3,(H,32,33)/t24-/m0/s1. The summed E-state index contributed by atoms with van der Waals surface area (Å²) in [5.74, 6) is 2.07. The Labute approximate surface area is 229 Å². The monoisotopic (exact) mass is 527 g/mol. The molecule has 1 atom stereocenters. The van der Waals surface area contributed by atoms with Gasteiger partial charge in [0.2, 0.25) is 5.95 Å². The Morgan fingerprint density at radius 1 is 0.897 bits per heavy atom. The number of aromatic nitrogens is 3. The Bertz CT molecular complexity index is 1430. The summed E-state index contributed by atoms with van der Waals surface area (Å²) in [6.07, 6.45) is 4.30.